The summed E-state index contributed by atoms with van der Waals surface area (Å²) in [7, 11) is 0. The number of carboxylic acid groups (broad SMARTS) is 1. The van der Waals surface area contributed by atoms with E-state index in [9.17, 15) is 34.2 Å². The molecule has 0 fully saturated rings. The second kappa shape index (κ2) is 18.0. The number of carboxylic acids is 1. The van der Waals surface area contributed by atoms with Crippen molar-refractivity contribution in [3.8, 4) is 0 Å². The van der Waals surface area contributed by atoms with E-state index >= 15 is 0 Å². The lowest BCUT2D eigenvalue weighted by molar-refractivity contribution is -0.142. The van der Waals surface area contributed by atoms with Gasteiger partial charge in [-0.15, -0.1) is 0 Å². The molecule has 2 aromatic heterocycles. The van der Waals surface area contributed by atoms with Crippen LogP contribution in [-0.4, -0.2) is 97.5 Å². The number of aromatic nitrogens is 4. The Hall–Kier alpha value is -4.74. The summed E-state index contributed by atoms with van der Waals surface area (Å²) in [6.07, 6.45) is 4.46. The average molecular weight is 623 g/mol. The van der Waals surface area contributed by atoms with E-state index in [1.54, 1.807) is 10.9 Å². The van der Waals surface area contributed by atoms with Gasteiger partial charge in [0, 0.05) is 13.1 Å². The summed E-state index contributed by atoms with van der Waals surface area (Å²) in [5.74, 6) is -3.14. The van der Waals surface area contributed by atoms with Gasteiger partial charge in [-0.25, -0.2) is 19.6 Å². The fourth-order valence-electron chi connectivity index (χ4n) is 4.17. The average Bonchev–Trinajstić information content (AvgIpc) is 3.38. The predicted molar refractivity (Wildman–Crippen MR) is 158 cm³/mol. The van der Waals surface area contributed by atoms with Crippen LogP contribution in [0.4, 0.5) is 4.79 Å². The molecule has 0 aliphatic carbocycles. The fourth-order valence-corrected chi connectivity index (χ4v) is 4.17. The highest BCUT2D eigenvalue weighted by Gasteiger charge is 2.29. The topological polar surface area (TPSA) is 282 Å². The number of carbonyl (C=O) groups excluding carboxylic acids is 3. The van der Waals surface area contributed by atoms with Crippen molar-refractivity contribution < 1.29 is 34.1 Å². The van der Waals surface area contributed by atoms with Crippen LogP contribution < -0.4 is 33.0 Å². The molecule has 0 aliphatic heterocycles. The Morgan fingerprint density at radius 3 is 2.39 bits per heavy atom. The number of aliphatic imine (C=N–C) groups is 1. The van der Waals surface area contributed by atoms with Gasteiger partial charge in [-0.3, -0.25) is 19.4 Å². The van der Waals surface area contributed by atoms with E-state index in [2.05, 4.69) is 35.9 Å². The van der Waals surface area contributed by atoms with Crippen molar-refractivity contribution in [2.24, 2.45) is 22.4 Å². The third-order valence-corrected chi connectivity index (χ3v) is 6.38. The van der Waals surface area contributed by atoms with Crippen LogP contribution in [0.1, 0.15) is 52.4 Å². The Bertz CT molecular complexity index is 1340. The summed E-state index contributed by atoms with van der Waals surface area (Å²) < 4.78 is 6.99. The number of carbonyl (C=O) groups is 4. The molecule has 0 aromatic carbocycles. The summed E-state index contributed by atoms with van der Waals surface area (Å²) in [4.78, 5) is 75.8. The normalized spacial score (nSPS) is 13.1. The maximum atomic E-state index is 13.0. The summed E-state index contributed by atoms with van der Waals surface area (Å²) in [5.41, 5.74) is 10.9. The van der Waals surface area contributed by atoms with E-state index in [1.165, 1.54) is 6.33 Å². The zero-order chi connectivity index (χ0) is 32.6. The number of alkyl carbamates (subject to hydrolysis) is 1. The second-order valence-electron chi connectivity index (χ2n) is 10.5. The number of aliphatic hydroxyl groups excluding tert-OH is 1. The molecule has 3 amide bonds. The first-order chi connectivity index (χ1) is 20.9. The molecule has 0 bridgehead atoms. The molecule has 2 heterocycles. The van der Waals surface area contributed by atoms with Crippen molar-refractivity contribution in [3.05, 3.63) is 23.0 Å². The zero-order valence-corrected chi connectivity index (χ0v) is 24.8. The van der Waals surface area contributed by atoms with E-state index in [-0.39, 0.29) is 55.4 Å². The summed E-state index contributed by atoms with van der Waals surface area (Å²) >= 11 is 0. The number of aliphatic hydroxyl groups is 1. The molecular formula is C26H42N10O8. The molecular weight excluding hydrogens is 580 g/mol. The lowest BCUT2D eigenvalue weighted by Gasteiger charge is -2.24. The number of amides is 3. The minimum atomic E-state index is -1.46. The highest BCUT2D eigenvalue weighted by Crippen LogP contribution is 2.09. The van der Waals surface area contributed by atoms with Crippen molar-refractivity contribution in [2.75, 3.05) is 19.8 Å². The molecule has 10 N–H and O–H groups in total. The lowest BCUT2D eigenvalue weighted by Crippen LogP contribution is -2.57. The number of fused-ring (bicyclic) bond motifs is 1. The molecule has 2 aromatic rings. The number of imidazole rings is 1. The standard InChI is InChI=1S/C26H42N10O8/c1-15(2)11-17(21(38)34-18(12-37)22(39)33-16(24(41)42)7-6-8-29-25(27)28)35-26(43)44-10-5-3-4-9-36-14-32-19-20(36)30-13-31-23(19)40/h13-18,37H,3-12H2,1-2H3,(H,33,39)(H,34,38)(H,35,43)(H,41,42)(H4,27,28,29)(H,30,31,40)/t16-,17-,18-/m0/s1. The Morgan fingerprint density at radius 2 is 1.73 bits per heavy atom. The maximum Gasteiger partial charge on any atom is 0.407 e. The van der Waals surface area contributed by atoms with Crippen LogP contribution in [0.25, 0.3) is 11.2 Å². The predicted octanol–water partition coefficient (Wildman–Crippen LogP) is -1.47. The van der Waals surface area contributed by atoms with Gasteiger partial charge in [-0.2, -0.15) is 0 Å². The number of nitrogens with two attached hydrogens (primary N) is 2. The molecule has 244 valence electrons. The molecule has 18 heteroatoms. The molecule has 0 spiro atoms. The number of aromatic amines is 1. The van der Waals surface area contributed by atoms with Crippen LogP contribution in [-0.2, 0) is 25.7 Å². The van der Waals surface area contributed by atoms with Crippen LogP contribution in [0, 0.1) is 5.92 Å². The van der Waals surface area contributed by atoms with Gasteiger partial charge in [0.2, 0.25) is 11.8 Å². The van der Waals surface area contributed by atoms with E-state index in [1.807, 2.05) is 13.8 Å². The van der Waals surface area contributed by atoms with Crippen molar-refractivity contribution in [2.45, 2.75) is 77.0 Å². The van der Waals surface area contributed by atoms with Crippen LogP contribution in [0.3, 0.4) is 0 Å². The van der Waals surface area contributed by atoms with Gasteiger partial charge in [0.05, 0.1) is 25.9 Å². The molecule has 18 nitrogen and oxygen atoms in total. The minimum absolute atomic E-state index is 0.00607. The third kappa shape index (κ3) is 11.9. The van der Waals surface area contributed by atoms with E-state index < -0.39 is 48.6 Å². The molecule has 0 radical (unpaired) electrons. The highest BCUT2D eigenvalue weighted by atomic mass is 16.5. The Balaban J connectivity index is 1.82. The van der Waals surface area contributed by atoms with Gasteiger partial charge in [0.1, 0.15) is 18.1 Å². The number of H-pyrrole nitrogens is 1. The fraction of sp³-hybridized carbons (Fsp3) is 0.615. The van der Waals surface area contributed by atoms with Crippen LogP contribution >= 0.6 is 0 Å². The molecule has 44 heavy (non-hydrogen) atoms. The first-order valence-corrected chi connectivity index (χ1v) is 14.2. The van der Waals surface area contributed by atoms with Crippen molar-refractivity contribution in [3.63, 3.8) is 0 Å². The van der Waals surface area contributed by atoms with Crippen LogP contribution in [0.2, 0.25) is 0 Å². The van der Waals surface area contributed by atoms with Gasteiger partial charge in [-0.05, 0) is 44.4 Å². The number of aryl methyl sites for hydroxylation is 1. The Morgan fingerprint density at radius 1 is 1.02 bits per heavy atom. The number of nitrogens with one attached hydrogen (secondary N) is 4. The minimum Gasteiger partial charge on any atom is -0.480 e. The van der Waals surface area contributed by atoms with Gasteiger partial charge >= 0.3 is 12.1 Å². The number of aliphatic carboxylic acids is 1. The Kier molecular flexibility index (Phi) is 14.5. The van der Waals surface area contributed by atoms with E-state index in [0.29, 0.717) is 31.5 Å². The molecule has 3 atom stereocenters. The number of hydrogen-bond acceptors (Lipinski definition) is 10. The van der Waals surface area contributed by atoms with Crippen LogP contribution in [0.15, 0.2) is 22.4 Å². The number of hydrogen-bond donors (Lipinski definition) is 8. The SMILES string of the molecule is CC(C)C[C@H](NC(=O)OCCCCCn1cnc2c(=O)[nH]cnc21)C(=O)N[C@@H](CO)C(=O)N[C@@H](CCCN=C(N)N)C(=O)O. The van der Waals surface area contributed by atoms with Gasteiger partial charge in [0.15, 0.2) is 17.1 Å². The highest BCUT2D eigenvalue weighted by molar-refractivity contribution is 5.93. The van der Waals surface area contributed by atoms with Gasteiger partial charge in [0.25, 0.3) is 5.56 Å². The maximum absolute atomic E-state index is 13.0. The molecule has 2 rings (SSSR count). The monoisotopic (exact) mass is 622 g/mol. The summed E-state index contributed by atoms with van der Waals surface area (Å²) in [6.45, 7) is 3.67. The molecule has 0 unspecified atom stereocenters. The van der Waals surface area contributed by atoms with E-state index in [0.717, 1.165) is 0 Å². The van der Waals surface area contributed by atoms with Gasteiger partial charge in [-0.1, -0.05) is 13.8 Å². The number of guanidine groups is 1. The Labute approximate surface area is 253 Å². The smallest absolute Gasteiger partial charge is 0.407 e. The first kappa shape index (κ1) is 35.5. The summed E-state index contributed by atoms with van der Waals surface area (Å²) in [6, 6.07) is -3.84. The van der Waals surface area contributed by atoms with Crippen molar-refractivity contribution >= 4 is 41.0 Å². The third-order valence-electron chi connectivity index (χ3n) is 6.38. The van der Waals surface area contributed by atoms with Crippen LogP contribution in [0.5, 0.6) is 0 Å². The first-order valence-electron chi connectivity index (χ1n) is 14.2. The number of ether oxygens (including phenoxy) is 1. The second-order valence-corrected chi connectivity index (χ2v) is 10.5. The van der Waals surface area contributed by atoms with Crippen molar-refractivity contribution in [1.29, 1.82) is 0 Å². The number of nitrogens with zero attached hydrogens (tertiary/aromatic N) is 4. The molecule has 0 saturated carbocycles. The summed E-state index contributed by atoms with van der Waals surface area (Å²) in [5, 5.41) is 26.3. The molecule has 0 saturated heterocycles. The molecule has 0 aliphatic rings. The largest absolute Gasteiger partial charge is 0.480 e. The zero-order valence-electron chi connectivity index (χ0n) is 24.8. The lowest BCUT2D eigenvalue weighted by atomic mass is 10.0. The van der Waals surface area contributed by atoms with Crippen molar-refractivity contribution in [1.82, 2.24) is 35.5 Å². The number of rotatable bonds is 19. The number of unbranched alkanes of at least 4 members (excludes halogenated alkanes) is 2. The van der Waals surface area contributed by atoms with E-state index in [4.69, 9.17) is 16.2 Å². The quantitative estimate of drug-likeness (QED) is 0.0506. The van der Waals surface area contributed by atoms with Gasteiger partial charge < -0.3 is 51.9 Å².